The van der Waals surface area contributed by atoms with Gasteiger partial charge in [-0.3, -0.25) is 0 Å². The Morgan fingerprint density at radius 3 is 1.39 bits per heavy atom. The first-order valence-corrected chi connectivity index (χ1v) is 20.7. The summed E-state index contributed by atoms with van der Waals surface area (Å²) in [7, 11) is -3.40. The van der Waals surface area contributed by atoms with Gasteiger partial charge in [0, 0.05) is 0 Å². The Bertz CT molecular complexity index is 374. The number of hydrogen-bond acceptors (Lipinski definition) is 0. The van der Waals surface area contributed by atoms with E-state index < -0.39 is 23.2 Å². The molecular formula is C14H29PSi3. The Balaban J connectivity index is 3.30. The summed E-state index contributed by atoms with van der Waals surface area (Å²) in [6.07, 6.45) is 0. The van der Waals surface area contributed by atoms with E-state index >= 15 is 0 Å². The Morgan fingerprint density at radius 1 is 0.667 bits per heavy atom. The lowest BCUT2D eigenvalue weighted by atomic mass is 10.4. The molecule has 0 bridgehead atoms. The molecule has 0 saturated heterocycles. The van der Waals surface area contributed by atoms with Gasteiger partial charge < -0.3 is 0 Å². The lowest BCUT2D eigenvalue weighted by molar-refractivity contribution is 1.73. The summed E-state index contributed by atoms with van der Waals surface area (Å²) in [5.74, 6) is 0. The van der Waals surface area contributed by atoms with Gasteiger partial charge in [-0.1, -0.05) is 87.9 Å². The molecule has 0 fully saturated rings. The Morgan fingerprint density at radius 2 is 1.06 bits per heavy atom. The van der Waals surface area contributed by atoms with Crippen molar-refractivity contribution in [3.8, 4) is 0 Å². The lowest BCUT2D eigenvalue weighted by Crippen LogP contribution is -2.51. The van der Waals surface area contributed by atoms with Crippen molar-refractivity contribution in [1.82, 2.24) is 0 Å². The van der Waals surface area contributed by atoms with Crippen LogP contribution >= 0.6 is 6.57 Å². The summed E-state index contributed by atoms with van der Waals surface area (Å²) >= 11 is 0. The number of rotatable bonds is 4. The quantitative estimate of drug-likeness (QED) is 0.526. The van der Waals surface area contributed by atoms with Crippen molar-refractivity contribution in [2.45, 2.75) is 52.4 Å². The highest BCUT2D eigenvalue weighted by Gasteiger charge is 2.47. The van der Waals surface area contributed by atoms with Crippen LogP contribution in [0.2, 0.25) is 52.4 Å². The third-order valence-corrected chi connectivity index (χ3v) is 55.3. The second kappa shape index (κ2) is 5.35. The van der Waals surface area contributed by atoms with Gasteiger partial charge in [0.25, 0.3) is 0 Å². The summed E-state index contributed by atoms with van der Waals surface area (Å²) in [5.41, 5.74) is 0. The molecule has 0 saturated carbocycles. The van der Waals surface area contributed by atoms with Gasteiger partial charge in [0.05, 0.1) is 23.2 Å². The van der Waals surface area contributed by atoms with Gasteiger partial charge in [0.2, 0.25) is 0 Å². The molecule has 0 heterocycles. The van der Waals surface area contributed by atoms with Gasteiger partial charge in [-0.2, -0.15) is 0 Å². The van der Waals surface area contributed by atoms with Gasteiger partial charge in [-0.15, -0.1) is 6.57 Å². The summed E-state index contributed by atoms with van der Waals surface area (Å²) in [6.45, 7) is 21.1. The van der Waals surface area contributed by atoms with Gasteiger partial charge in [-0.25, -0.2) is 0 Å². The Hall–Kier alpha value is 0.301. The third kappa shape index (κ3) is 3.66. The summed E-state index contributed by atoms with van der Waals surface area (Å²) in [5, 5.41) is 1.68. The molecule has 4 heteroatoms. The largest absolute Gasteiger partial charge is 0.136 e. The van der Waals surface area contributed by atoms with Gasteiger partial charge in [0.15, 0.2) is 0 Å². The van der Waals surface area contributed by atoms with Gasteiger partial charge in [0.1, 0.15) is 0 Å². The predicted molar refractivity (Wildman–Crippen MR) is 97.2 cm³/mol. The molecular weight excluding hydrogens is 283 g/mol. The molecule has 1 aromatic carbocycles. The fourth-order valence-electron chi connectivity index (χ4n) is 3.66. The van der Waals surface area contributed by atoms with Crippen LogP contribution in [0.25, 0.3) is 0 Å². The monoisotopic (exact) mass is 312 g/mol. The molecule has 1 aromatic rings. The molecule has 0 radical (unpaired) electrons. The van der Waals surface area contributed by atoms with E-state index in [1.54, 1.807) is 5.19 Å². The number of benzene rings is 1. The van der Waals surface area contributed by atoms with E-state index in [0.29, 0.717) is 0 Å². The van der Waals surface area contributed by atoms with E-state index in [1.165, 1.54) is 0 Å². The first kappa shape index (κ1) is 16.4. The van der Waals surface area contributed by atoms with E-state index in [1.807, 2.05) is 0 Å². The van der Waals surface area contributed by atoms with Crippen LogP contribution in [0.15, 0.2) is 30.3 Å². The predicted octanol–water partition coefficient (Wildman–Crippen LogP) is 5.25. The van der Waals surface area contributed by atoms with E-state index in [2.05, 4.69) is 82.7 Å². The molecule has 18 heavy (non-hydrogen) atoms. The Labute approximate surface area is 118 Å². The zero-order valence-corrected chi connectivity index (χ0v) is 17.2. The minimum Gasteiger partial charge on any atom is -0.136 e. The smallest absolute Gasteiger partial charge is 0.0992 e. The molecule has 0 spiro atoms. The molecule has 0 amide bonds. The molecule has 102 valence electrons. The van der Waals surface area contributed by atoms with Crippen LogP contribution in [0.4, 0.5) is 0 Å². The zero-order valence-electron chi connectivity index (χ0n) is 13.3. The average Bonchev–Trinajstić information content (AvgIpc) is 2.13. The average molecular weight is 313 g/mol. The first-order valence-electron chi connectivity index (χ1n) is 6.83. The molecule has 0 unspecified atom stereocenters. The minimum atomic E-state index is -1.29. The summed E-state index contributed by atoms with van der Waals surface area (Å²) in [4.78, 5) is 0. The molecule has 1 rings (SSSR count). The maximum absolute atomic E-state index is 2.63. The molecule has 0 N–H and O–H groups in total. The van der Waals surface area contributed by atoms with Crippen LogP contribution in [-0.4, -0.2) is 23.2 Å². The zero-order chi connectivity index (χ0) is 14.2. The normalized spacial score (nSPS) is 14.1. The second-order valence-electron chi connectivity index (χ2n) is 7.60. The van der Waals surface area contributed by atoms with Crippen molar-refractivity contribution >= 4 is 35.0 Å². The first-order chi connectivity index (χ1) is 7.97. The van der Waals surface area contributed by atoms with E-state index in [0.717, 1.165) is 0 Å². The Kier molecular flexibility index (Phi) is 4.87. The molecule has 0 aliphatic heterocycles. The van der Waals surface area contributed by atoms with Gasteiger partial charge >= 0.3 is 0 Å². The van der Waals surface area contributed by atoms with Crippen molar-refractivity contribution in [1.29, 1.82) is 0 Å². The van der Waals surface area contributed by atoms with Crippen LogP contribution < -0.4 is 5.19 Å². The molecule has 0 aromatic heterocycles. The highest BCUT2D eigenvalue weighted by molar-refractivity contribution is 8.38. The standard InChI is InChI=1S/C14H29PSi3/c1-16(2,3)15(17(4,5)6)18(7,8)14-12-10-9-11-13-14/h9-13H,1-8H3. The van der Waals surface area contributed by atoms with E-state index in [-0.39, 0.29) is 6.57 Å². The van der Waals surface area contributed by atoms with Gasteiger partial charge in [-0.05, 0) is 0 Å². The fraction of sp³-hybridized carbons (Fsp3) is 0.571. The molecule has 0 aliphatic carbocycles. The van der Waals surface area contributed by atoms with Crippen LogP contribution in [-0.2, 0) is 0 Å². The summed E-state index contributed by atoms with van der Waals surface area (Å²) in [6, 6.07) is 11.4. The topological polar surface area (TPSA) is 0 Å². The maximum atomic E-state index is 2.63. The van der Waals surface area contributed by atoms with Crippen LogP contribution in [0, 0.1) is 0 Å². The van der Waals surface area contributed by atoms with Crippen molar-refractivity contribution in [3.05, 3.63) is 30.3 Å². The van der Waals surface area contributed by atoms with Crippen LogP contribution in [0.5, 0.6) is 0 Å². The minimum absolute atomic E-state index is 0.254. The summed E-state index contributed by atoms with van der Waals surface area (Å²) < 4.78 is 0. The maximum Gasteiger partial charge on any atom is 0.0992 e. The van der Waals surface area contributed by atoms with Crippen molar-refractivity contribution in [3.63, 3.8) is 0 Å². The second-order valence-corrected chi connectivity index (χ2v) is 40.1. The van der Waals surface area contributed by atoms with E-state index in [9.17, 15) is 0 Å². The van der Waals surface area contributed by atoms with Crippen molar-refractivity contribution < 1.29 is 0 Å². The van der Waals surface area contributed by atoms with Crippen molar-refractivity contribution in [2.24, 2.45) is 0 Å². The third-order valence-electron chi connectivity index (χ3n) is 3.38. The van der Waals surface area contributed by atoms with Crippen molar-refractivity contribution in [2.75, 3.05) is 0 Å². The highest BCUT2D eigenvalue weighted by atomic mass is 31.8. The lowest BCUT2D eigenvalue weighted by Gasteiger charge is -2.49. The van der Waals surface area contributed by atoms with E-state index in [4.69, 9.17) is 0 Å². The molecule has 0 nitrogen and oxygen atoms in total. The number of hydrogen-bond donors (Lipinski definition) is 0. The van der Waals surface area contributed by atoms with Crippen LogP contribution in [0.1, 0.15) is 0 Å². The SMILES string of the molecule is C[Si](C)(C)P([Si](C)(C)C)[Si](C)(C)c1ccccc1. The molecule has 0 aliphatic rings. The van der Waals surface area contributed by atoms with Crippen LogP contribution in [0.3, 0.4) is 0 Å². The fourth-order valence-corrected chi connectivity index (χ4v) is 78.2. The molecule has 0 atom stereocenters. The highest BCUT2D eigenvalue weighted by Crippen LogP contribution is 2.61.